The summed E-state index contributed by atoms with van der Waals surface area (Å²) in [5, 5.41) is 6.16. The van der Waals surface area contributed by atoms with Gasteiger partial charge in [0.25, 0.3) is 0 Å². The van der Waals surface area contributed by atoms with Crippen molar-refractivity contribution in [2.75, 3.05) is 5.32 Å². The van der Waals surface area contributed by atoms with Crippen LogP contribution >= 0.6 is 0 Å². The average molecular weight is 580 g/mol. The summed E-state index contributed by atoms with van der Waals surface area (Å²) in [5.74, 6) is 0.542. The Kier molecular flexibility index (Phi) is 5.86. The molecular formula is C43H33NO. The molecule has 0 bridgehead atoms. The van der Waals surface area contributed by atoms with Crippen molar-refractivity contribution in [3.05, 3.63) is 150 Å². The molecule has 0 saturated heterocycles. The molecule has 0 radical (unpaired) electrons. The maximum atomic E-state index is 6.24. The topological polar surface area (TPSA) is 25.2 Å². The first-order valence-corrected chi connectivity index (χ1v) is 16.0. The molecule has 1 unspecified atom stereocenters. The van der Waals surface area contributed by atoms with Gasteiger partial charge in [0.2, 0.25) is 0 Å². The van der Waals surface area contributed by atoms with Gasteiger partial charge in [-0.3, -0.25) is 0 Å². The zero-order chi connectivity index (χ0) is 30.1. The Morgan fingerprint density at radius 3 is 2.40 bits per heavy atom. The molecule has 216 valence electrons. The second kappa shape index (κ2) is 10.1. The predicted molar refractivity (Wildman–Crippen MR) is 190 cm³/mol. The molecule has 0 amide bonds. The maximum absolute atomic E-state index is 6.24. The maximum Gasteiger partial charge on any atom is 0.136 e. The summed E-state index contributed by atoms with van der Waals surface area (Å²) >= 11 is 0. The van der Waals surface area contributed by atoms with E-state index in [1.54, 1.807) is 0 Å². The van der Waals surface area contributed by atoms with E-state index in [0.717, 1.165) is 40.8 Å². The van der Waals surface area contributed by atoms with Crippen LogP contribution in [0.2, 0.25) is 0 Å². The molecule has 3 aliphatic rings. The van der Waals surface area contributed by atoms with Crippen molar-refractivity contribution >= 4 is 38.9 Å². The van der Waals surface area contributed by atoms with Crippen molar-refractivity contribution in [3.8, 4) is 33.4 Å². The molecule has 2 heteroatoms. The van der Waals surface area contributed by atoms with Crippen LogP contribution in [0, 0.1) is 12.8 Å². The fourth-order valence-corrected chi connectivity index (χ4v) is 7.67. The SMILES string of the molecule is Cc1cccc2c1-c1cc(C3=C(C4=CC=CCC4C)CC=C3)ccc1Nc1ccc(-c3cccc4oc5ccccc5c34)cc1-2. The fourth-order valence-electron chi connectivity index (χ4n) is 7.67. The predicted octanol–water partition coefficient (Wildman–Crippen LogP) is 12.2. The number of furan rings is 1. The monoisotopic (exact) mass is 579 g/mol. The summed E-state index contributed by atoms with van der Waals surface area (Å²) in [4.78, 5) is 0. The minimum atomic E-state index is 0.542. The van der Waals surface area contributed by atoms with Crippen molar-refractivity contribution in [1.82, 2.24) is 0 Å². The van der Waals surface area contributed by atoms with Gasteiger partial charge in [-0.15, -0.1) is 0 Å². The van der Waals surface area contributed by atoms with Crippen molar-refractivity contribution in [3.63, 3.8) is 0 Å². The van der Waals surface area contributed by atoms with Crippen LogP contribution in [0.3, 0.4) is 0 Å². The van der Waals surface area contributed by atoms with E-state index in [-0.39, 0.29) is 0 Å². The van der Waals surface area contributed by atoms with Crippen LogP contribution in [0.1, 0.15) is 30.9 Å². The van der Waals surface area contributed by atoms with Gasteiger partial charge in [0.1, 0.15) is 11.2 Å². The first-order chi connectivity index (χ1) is 22.1. The van der Waals surface area contributed by atoms with Gasteiger partial charge in [-0.25, -0.2) is 0 Å². The summed E-state index contributed by atoms with van der Waals surface area (Å²) in [5.41, 5.74) is 18.3. The summed E-state index contributed by atoms with van der Waals surface area (Å²) in [7, 11) is 0. The third-order valence-corrected chi connectivity index (χ3v) is 9.88. The Labute approximate surface area is 263 Å². The fraction of sp³-hybridized carbons (Fsp3) is 0.116. The van der Waals surface area contributed by atoms with Crippen molar-refractivity contribution < 1.29 is 4.42 Å². The second-order valence-electron chi connectivity index (χ2n) is 12.6. The molecule has 9 rings (SSSR count). The van der Waals surface area contributed by atoms with E-state index in [1.165, 1.54) is 66.6 Å². The molecule has 0 saturated carbocycles. The van der Waals surface area contributed by atoms with Gasteiger partial charge >= 0.3 is 0 Å². The smallest absolute Gasteiger partial charge is 0.136 e. The van der Waals surface area contributed by atoms with Crippen LogP contribution in [-0.4, -0.2) is 0 Å². The highest BCUT2D eigenvalue weighted by molar-refractivity contribution is 6.13. The van der Waals surface area contributed by atoms with Crippen molar-refractivity contribution in [2.45, 2.75) is 26.7 Å². The highest BCUT2D eigenvalue weighted by Crippen LogP contribution is 2.49. The zero-order valence-corrected chi connectivity index (χ0v) is 25.5. The zero-order valence-electron chi connectivity index (χ0n) is 25.5. The van der Waals surface area contributed by atoms with Crippen LogP contribution in [0.15, 0.2) is 143 Å². The molecule has 1 aromatic heterocycles. The van der Waals surface area contributed by atoms with Crippen LogP contribution in [-0.2, 0) is 0 Å². The number of anilines is 2. The number of rotatable bonds is 3. The van der Waals surface area contributed by atoms with E-state index in [1.807, 2.05) is 6.07 Å². The van der Waals surface area contributed by atoms with Gasteiger partial charge in [-0.1, -0.05) is 98.0 Å². The van der Waals surface area contributed by atoms with E-state index in [4.69, 9.17) is 4.42 Å². The lowest BCUT2D eigenvalue weighted by atomic mass is 9.84. The molecule has 2 heterocycles. The third kappa shape index (κ3) is 4.09. The van der Waals surface area contributed by atoms with Crippen LogP contribution in [0.25, 0.3) is 60.9 Å². The summed E-state index contributed by atoms with van der Waals surface area (Å²) in [6.07, 6.45) is 13.6. The van der Waals surface area contributed by atoms with E-state index in [0.29, 0.717) is 5.92 Å². The van der Waals surface area contributed by atoms with Crippen LogP contribution in [0.4, 0.5) is 11.4 Å². The number of hydrogen-bond acceptors (Lipinski definition) is 2. The lowest BCUT2D eigenvalue weighted by Crippen LogP contribution is -2.04. The summed E-state index contributed by atoms with van der Waals surface area (Å²) < 4.78 is 6.24. The Balaban J connectivity index is 1.22. The molecule has 6 aromatic rings. The lowest BCUT2D eigenvalue weighted by Gasteiger charge is -2.21. The molecule has 1 aliphatic heterocycles. The molecule has 1 atom stereocenters. The Bertz CT molecular complexity index is 2320. The molecular weight excluding hydrogens is 546 g/mol. The first-order valence-electron chi connectivity index (χ1n) is 16.0. The molecule has 1 N–H and O–H groups in total. The molecule has 45 heavy (non-hydrogen) atoms. The first kappa shape index (κ1) is 26.1. The van der Waals surface area contributed by atoms with Gasteiger partial charge in [0, 0.05) is 33.3 Å². The van der Waals surface area contributed by atoms with Gasteiger partial charge in [0.15, 0.2) is 0 Å². The number of hydrogen-bond donors (Lipinski definition) is 1. The van der Waals surface area contributed by atoms with Gasteiger partial charge < -0.3 is 9.73 Å². The van der Waals surface area contributed by atoms with E-state index < -0.39 is 0 Å². The molecule has 0 spiro atoms. The number of fused-ring (bicyclic) bond motifs is 8. The summed E-state index contributed by atoms with van der Waals surface area (Å²) in [6, 6.07) is 35.2. The molecule has 5 aromatic carbocycles. The van der Waals surface area contributed by atoms with Gasteiger partial charge in [-0.05, 0) is 112 Å². The van der Waals surface area contributed by atoms with Crippen molar-refractivity contribution in [2.24, 2.45) is 5.92 Å². The normalized spacial score (nSPS) is 16.8. The third-order valence-electron chi connectivity index (χ3n) is 9.88. The van der Waals surface area contributed by atoms with E-state index in [9.17, 15) is 0 Å². The largest absolute Gasteiger partial charge is 0.456 e. The number of nitrogens with one attached hydrogen (secondary N) is 1. The van der Waals surface area contributed by atoms with E-state index >= 15 is 0 Å². The minimum absolute atomic E-state index is 0.542. The quantitative estimate of drug-likeness (QED) is 0.225. The lowest BCUT2D eigenvalue weighted by molar-refractivity contribution is 0.669. The van der Waals surface area contributed by atoms with Crippen LogP contribution < -0.4 is 5.32 Å². The average Bonchev–Trinajstić information content (AvgIpc) is 3.67. The van der Waals surface area contributed by atoms with Gasteiger partial charge in [0.05, 0.1) is 0 Å². The number of para-hydroxylation sites is 1. The summed E-state index contributed by atoms with van der Waals surface area (Å²) in [6.45, 7) is 4.59. The van der Waals surface area contributed by atoms with Crippen LogP contribution in [0.5, 0.6) is 0 Å². The molecule has 2 nitrogen and oxygen atoms in total. The van der Waals surface area contributed by atoms with Crippen molar-refractivity contribution in [1.29, 1.82) is 0 Å². The highest BCUT2D eigenvalue weighted by Gasteiger charge is 2.25. The number of benzene rings is 5. The molecule has 2 aliphatic carbocycles. The molecule has 0 fully saturated rings. The highest BCUT2D eigenvalue weighted by atomic mass is 16.3. The number of aryl methyl sites for hydroxylation is 1. The Hall–Kier alpha value is -5.34. The second-order valence-corrected chi connectivity index (χ2v) is 12.6. The van der Waals surface area contributed by atoms with Gasteiger partial charge in [-0.2, -0.15) is 0 Å². The number of allylic oxidation sites excluding steroid dienone is 8. The Morgan fingerprint density at radius 1 is 0.711 bits per heavy atom. The van der Waals surface area contributed by atoms with E-state index in [2.05, 4.69) is 141 Å². The standard InChI is InChI=1S/C43H33NO/c1-26-10-3-4-12-30(26)33-16-8-14-31(33)28-20-23-39-37(25-28)42-27(2)11-7-17-34(42)36-24-29(21-22-38(36)44-39)32-15-9-19-41-43(32)35-13-5-6-18-40(35)45-41/h3-9,11-15,17-26,44H,10,16H2,1-2H3. The minimum Gasteiger partial charge on any atom is -0.456 e. The Morgan fingerprint density at radius 2 is 1.49 bits per heavy atom.